The van der Waals surface area contributed by atoms with Gasteiger partial charge in [0.1, 0.15) is 12.1 Å². The van der Waals surface area contributed by atoms with Crippen molar-refractivity contribution < 1.29 is 19.5 Å². The second kappa shape index (κ2) is 16.6. The van der Waals surface area contributed by atoms with Gasteiger partial charge in [-0.2, -0.15) is 0 Å². The first-order valence-corrected chi connectivity index (χ1v) is 14.5. The molecular weight excluding hydrogens is 528 g/mol. The van der Waals surface area contributed by atoms with E-state index in [4.69, 9.17) is 0 Å². The summed E-state index contributed by atoms with van der Waals surface area (Å²) in [7, 11) is 0. The van der Waals surface area contributed by atoms with Crippen LogP contribution in [-0.4, -0.2) is 72.1 Å². The number of nitrogens with one attached hydrogen (secondary N) is 3. The number of nitrogens with zero attached hydrogens (tertiary/aromatic N) is 1. The van der Waals surface area contributed by atoms with Crippen LogP contribution in [0.5, 0.6) is 0 Å². The van der Waals surface area contributed by atoms with Gasteiger partial charge in [-0.15, -0.1) is 12.4 Å². The number of benzene rings is 2. The Morgan fingerprint density at radius 3 is 2.38 bits per heavy atom. The molecule has 3 atom stereocenters. The molecule has 40 heavy (non-hydrogen) atoms. The van der Waals surface area contributed by atoms with Gasteiger partial charge in [0.15, 0.2) is 0 Å². The number of hydrogen-bond donors (Lipinski definition) is 4. The summed E-state index contributed by atoms with van der Waals surface area (Å²) in [4.78, 5) is 41.6. The molecule has 0 saturated carbocycles. The van der Waals surface area contributed by atoms with Gasteiger partial charge >= 0.3 is 0 Å². The predicted octanol–water partition coefficient (Wildman–Crippen LogP) is 3.44. The molecule has 1 fully saturated rings. The minimum absolute atomic E-state index is 0. The minimum Gasteiger partial charge on any atom is -0.390 e. The minimum atomic E-state index is -0.833. The van der Waals surface area contributed by atoms with Gasteiger partial charge in [-0.25, -0.2) is 0 Å². The molecule has 2 unspecified atom stereocenters. The van der Waals surface area contributed by atoms with Gasteiger partial charge in [0.05, 0.1) is 6.10 Å². The largest absolute Gasteiger partial charge is 0.390 e. The third kappa shape index (κ3) is 9.46. The Kier molecular flexibility index (Phi) is 13.9. The zero-order valence-corrected chi connectivity index (χ0v) is 25.1. The molecule has 2 aromatic carbocycles. The molecule has 0 aromatic heterocycles. The second-order valence-electron chi connectivity index (χ2n) is 11.1. The van der Waals surface area contributed by atoms with Crippen molar-refractivity contribution in [1.82, 2.24) is 20.9 Å². The Balaban J connectivity index is 0.00000560. The standard InChI is InChI=1S/C31H46N4O4.ClH/c1-5-23(6-2)31(39)35-15-9-12-28(35)30(38)34-27(29(37)33-20-26(36)19-32-18-21(3)4)17-22-13-14-24-10-7-8-11-25(24)16-22;/h7-8,10-11,13-14,16,21,23,26-28,32,36H,5-6,9,12,15,17-20H2,1-4H3,(H,33,37)(H,34,38);1H/t26?,27-,28?;/m1./s1. The number of rotatable bonds is 14. The summed E-state index contributed by atoms with van der Waals surface area (Å²) in [6.45, 7) is 9.95. The molecule has 1 saturated heterocycles. The number of hydrogen-bond acceptors (Lipinski definition) is 5. The Bertz CT molecular complexity index is 1110. The van der Waals surface area contributed by atoms with Crippen molar-refractivity contribution in [3.63, 3.8) is 0 Å². The first kappa shape index (κ1) is 33.5. The maximum atomic E-state index is 13.5. The van der Waals surface area contributed by atoms with Crippen molar-refractivity contribution in [1.29, 1.82) is 0 Å². The van der Waals surface area contributed by atoms with Crippen molar-refractivity contribution in [3.8, 4) is 0 Å². The lowest BCUT2D eigenvalue weighted by Gasteiger charge is -2.29. The fourth-order valence-corrected chi connectivity index (χ4v) is 5.21. The van der Waals surface area contributed by atoms with Crippen LogP contribution in [0.3, 0.4) is 0 Å². The second-order valence-corrected chi connectivity index (χ2v) is 11.1. The highest BCUT2D eigenvalue weighted by Gasteiger charge is 2.37. The van der Waals surface area contributed by atoms with Crippen LogP contribution >= 0.6 is 12.4 Å². The summed E-state index contributed by atoms with van der Waals surface area (Å²) in [6, 6.07) is 12.6. The van der Waals surface area contributed by atoms with E-state index >= 15 is 0 Å². The van der Waals surface area contributed by atoms with Crippen molar-refractivity contribution in [2.75, 3.05) is 26.2 Å². The maximum absolute atomic E-state index is 13.5. The van der Waals surface area contributed by atoms with Crippen LogP contribution in [0.25, 0.3) is 10.8 Å². The quantitative estimate of drug-likeness (QED) is 0.276. The van der Waals surface area contributed by atoms with Gasteiger partial charge in [0, 0.05) is 32.0 Å². The summed E-state index contributed by atoms with van der Waals surface area (Å²) in [5, 5.41) is 21.5. The van der Waals surface area contributed by atoms with Crippen molar-refractivity contribution in [3.05, 3.63) is 48.0 Å². The Hall–Kier alpha value is -2.68. The van der Waals surface area contributed by atoms with Gasteiger partial charge in [0.2, 0.25) is 17.7 Å². The zero-order valence-electron chi connectivity index (χ0n) is 24.3. The molecular formula is C31H47ClN4O4. The lowest BCUT2D eigenvalue weighted by Crippen LogP contribution is -2.55. The van der Waals surface area contributed by atoms with Crippen molar-refractivity contribution >= 4 is 40.9 Å². The van der Waals surface area contributed by atoms with Crippen molar-refractivity contribution in [2.45, 2.75) is 78.0 Å². The average Bonchev–Trinajstić information content (AvgIpc) is 3.42. The predicted molar refractivity (Wildman–Crippen MR) is 162 cm³/mol. The number of aliphatic hydroxyl groups excluding tert-OH is 1. The van der Waals surface area contributed by atoms with Crippen LogP contribution in [0.1, 0.15) is 58.9 Å². The number of halogens is 1. The molecule has 0 spiro atoms. The molecule has 3 rings (SSSR count). The lowest BCUT2D eigenvalue weighted by molar-refractivity contribution is -0.142. The average molecular weight is 575 g/mol. The molecule has 0 bridgehead atoms. The number of carbonyl (C=O) groups is 3. The van der Waals surface area contributed by atoms with E-state index in [1.165, 1.54) is 0 Å². The van der Waals surface area contributed by atoms with Crippen LogP contribution in [0, 0.1) is 11.8 Å². The number of likely N-dealkylation sites (tertiary alicyclic amines) is 1. The maximum Gasteiger partial charge on any atom is 0.243 e. The van der Waals surface area contributed by atoms with E-state index in [0.717, 1.165) is 42.1 Å². The van der Waals surface area contributed by atoms with Crippen LogP contribution in [0.2, 0.25) is 0 Å². The SMILES string of the molecule is CCC(CC)C(=O)N1CCCC1C(=O)N[C@H](Cc1ccc2ccccc2c1)C(=O)NCC(O)CNCC(C)C.Cl. The van der Waals surface area contributed by atoms with Crippen LogP contribution < -0.4 is 16.0 Å². The fourth-order valence-electron chi connectivity index (χ4n) is 5.21. The van der Waals surface area contributed by atoms with Gasteiger partial charge in [-0.1, -0.05) is 70.2 Å². The lowest BCUT2D eigenvalue weighted by atomic mass is 10.00. The number of aliphatic hydroxyl groups is 1. The molecule has 9 heteroatoms. The van der Waals surface area contributed by atoms with Gasteiger partial charge in [0.25, 0.3) is 0 Å². The molecule has 2 aromatic rings. The van der Waals surface area contributed by atoms with E-state index in [2.05, 4.69) is 29.8 Å². The Morgan fingerprint density at radius 1 is 1.00 bits per heavy atom. The fraction of sp³-hybridized carbons (Fsp3) is 0.581. The molecule has 222 valence electrons. The highest BCUT2D eigenvalue weighted by Crippen LogP contribution is 2.23. The van der Waals surface area contributed by atoms with Gasteiger partial charge < -0.3 is 26.0 Å². The molecule has 8 nitrogen and oxygen atoms in total. The molecule has 3 amide bonds. The summed E-state index contributed by atoms with van der Waals surface area (Å²) in [5.41, 5.74) is 0.921. The molecule has 0 aliphatic carbocycles. The summed E-state index contributed by atoms with van der Waals surface area (Å²) in [6.07, 6.45) is 2.39. The number of amides is 3. The Morgan fingerprint density at radius 2 is 1.70 bits per heavy atom. The third-order valence-electron chi connectivity index (χ3n) is 7.50. The van der Waals surface area contributed by atoms with E-state index in [1.54, 1.807) is 4.90 Å². The summed E-state index contributed by atoms with van der Waals surface area (Å²) >= 11 is 0. The first-order valence-electron chi connectivity index (χ1n) is 14.5. The number of carbonyl (C=O) groups excluding carboxylic acids is 3. The Labute approximate surface area is 245 Å². The third-order valence-corrected chi connectivity index (χ3v) is 7.50. The highest BCUT2D eigenvalue weighted by molar-refractivity contribution is 5.93. The smallest absolute Gasteiger partial charge is 0.243 e. The number of fused-ring (bicyclic) bond motifs is 1. The van der Waals surface area contributed by atoms with Gasteiger partial charge in [-0.05, 0) is 54.5 Å². The van der Waals surface area contributed by atoms with Crippen molar-refractivity contribution in [2.24, 2.45) is 11.8 Å². The molecule has 1 heterocycles. The molecule has 1 aliphatic heterocycles. The van der Waals surface area contributed by atoms with Crippen LogP contribution in [-0.2, 0) is 20.8 Å². The topological polar surface area (TPSA) is 111 Å². The molecule has 1 aliphatic rings. The molecule has 4 N–H and O–H groups in total. The zero-order chi connectivity index (χ0) is 28.4. The summed E-state index contributed by atoms with van der Waals surface area (Å²) in [5.74, 6) is -0.270. The normalized spacial score (nSPS) is 16.6. The van der Waals surface area contributed by atoms with E-state index < -0.39 is 18.2 Å². The monoisotopic (exact) mass is 574 g/mol. The van der Waals surface area contributed by atoms with Gasteiger partial charge in [-0.3, -0.25) is 14.4 Å². The van der Waals surface area contributed by atoms with Crippen LogP contribution in [0.4, 0.5) is 0 Å². The molecule has 0 radical (unpaired) electrons. The van der Waals surface area contributed by atoms with E-state index in [9.17, 15) is 19.5 Å². The first-order chi connectivity index (χ1) is 18.7. The van der Waals surface area contributed by atoms with E-state index in [-0.39, 0.29) is 42.6 Å². The van der Waals surface area contributed by atoms with E-state index in [0.29, 0.717) is 31.8 Å². The summed E-state index contributed by atoms with van der Waals surface area (Å²) < 4.78 is 0. The van der Waals surface area contributed by atoms with E-state index in [1.807, 2.05) is 56.3 Å². The highest BCUT2D eigenvalue weighted by atomic mass is 35.5. The van der Waals surface area contributed by atoms with Crippen LogP contribution in [0.15, 0.2) is 42.5 Å².